The molecule has 1 aromatic rings. The number of ether oxygens (including phenoxy) is 1. The molecule has 0 saturated heterocycles. The number of rotatable bonds is 6. The van der Waals surface area contributed by atoms with Crippen LogP contribution in [0.2, 0.25) is 0 Å². The topological polar surface area (TPSA) is 38.3 Å². The highest BCUT2D eigenvalue weighted by Crippen LogP contribution is 2.35. The lowest BCUT2D eigenvalue weighted by Crippen LogP contribution is -2.38. The molecule has 1 aromatic carbocycles. The predicted molar refractivity (Wildman–Crippen MR) is 89.4 cm³/mol. The summed E-state index contributed by atoms with van der Waals surface area (Å²) in [7, 11) is 2.87. The van der Waals surface area contributed by atoms with Gasteiger partial charge in [-0.1, -0.05) is 26.3 Å². The Labute approximate surface area is 130 Å². The van der Waals surface area contributed by atoms with Crippen molar-refractivity contribution in [3.63, 3.8) is 0 Å². The van der Waals surface area contributed by atoms with Crippen molar-refractivity contribution >= 4 is 10.8 Å². The van der Waals surface area contributed by atoms with E-state index in [0.717, 1.165) is 30.8 Å². The summed E-state index contributed by atoms with van der Waals surface area (Å²) < 4.78 is 18.1. The van der Waals surface area contributed by atoms with Crippen molar-refractivity contribution in [1.82, 2.24) is 5.32 Å². The molecule has 0 saturated carbocycles. The van der Waals surface area contributed by atoms with Crippen molar-refractivity contribution in [3.8, 4) is 5.75 Å². The van der Waals surface area contributed by atoms with Crippen molar-refractivity contribution in [1.29, 1.82) is 0 Å². The summed E-state index contributed by atoms with van der Waals surface area (Å²) >= 11 is 0. The second kappa shape index (κ2) is 7.41. The number of methoxy groups -OCH3 is 1. The van der Waals surface area contributed by atoms with Crippen molar-refractivity contribution in [2.45, 2.75) is 44.4 Å². The zero-order chi connectivity index (χ0) is 15.4. The Morgan fingerprint density at radius 1 is 1.48 bits per heavy atom. The molecule has 4 heteroatoms. The first-order valence-electron chi connectivity index (χ1n) is 7.81. The molecule has 0 amide bonds. The highest BCUT2D eigenvalue weighted by Gasteiger charge is 2.33. The first kappa shape index (κ1) is 16.5. The summed E-state index contributed by atoms with van der Waals surface area (Å²) in [6, 6.07) is 6.42. The molecule has 0 radical (unpaired) electrons. The summed E-state index contributed by atoms with van der Waals surface area (Å²) in [4.78, 5) is 0. The van der Waals surface area contributed by atoms with Crippen LogP contribution in [0.25, 0.3) is 0 Å². The van der Waals surface area contributed by atoms with Gasteiger partial charge in [0.25, 0.3) is 0 Å². The maximum absolute atomic E-state index is 12.7. The molecule has 1 N–H and O–H groups in total. The number of hydrogen-bond donors (Lipinski definition) is 1. The van der Waals surface area contributed by atoms with E-state index in [1.807, 2.05) is 13.1 Å². The van der Waals surface area contributed by atoms with Crippen LogP contribution in [0.15, 0.2) is 18.2 Å². The lowest BCUT2D eigenvalue weighted by molar-refractivity contribution is 0.411. The molecule has 0 aromatic heterocycles. The fraction of sp³-hybridized carbons (Fsp3) is 0.647. The van der Waals surface area contributed by atoms with Crippen LogP contribution < -0.4 is 10.1 Å². The molecular formula is C17H27NO2S. The Hall–Kier alpha value is -0.870. The van der Waals surface area contributed by atoms with Gasteiger partial charge in [0.2, 0.25) is 0 Å². The average molecular weight is 309 g/mol. The second-order valence-electron chi connectivity index (χ2n) is 5.97. The molecule has 1 aliphatic carbocycles. The van der Waals surface area contributed by atoms with Crippen molar-refractivity contribution in [2.24, 2.45) is 5.92 Å². The highest BCUT2D eigenvalue weighted by molar-refractivity contribution is 7.85. The van der Waals surface area contributed by atoms with Crippen LogP contribution in [0.5, 0.6) is 5.75 Å². The molecular weight excluding hydrogens is 282 g/mol. The number of hydrogen-bond acceptors (Lipinski definition) is 3. The lowest BCUT2D eigenvalue weighted by atomic mass is 9.87. The fourth-order valence-electron chi connectivity index (χ4n) is 3.03. The smallest absolute Gasteiger partial charge is 0.119 e. The largest absolute Gasteiger partial charge is 0.497 e. The van der Waals surface area contributed by atoms with Crippen LogP contribution in [0.1, 0.15) is 43.9 Å². The Morgan fingerprint density at radius 3 is 2.86 bits per heavy atom. The molecule has 3 nitrogen and oxygen atoms in total. The third-order valence-electron chi connectivity index (χ3n) is 4.55. The molecule has 0 bridgehead atoms. The maximum atomic E-state index is 12.7. The number of nitrogens with one attached hydrogen (secondary N) is 1. The Bertz CT molecular complexity index is 504. The van der Waals surface area contributed by atoms with Crippen LogP contribution in [0.4, 0.5) is 0 Å². The third-order valence-corrected chi connectivity index (χ3v) is 6.63. The highest BCUT2D eigenvalue weighted by atomic mass is 32.2. The second-order valence-corrected chi connectivity index (χ2v) is 7.67. The Kier molecular flexibility index (Phi) is 5.82. The van der Waals surface area contributed by atoms with E-state index in [9.17, 15) is 4.21 Å². The molecule has 4 unspecified atom stereocenters. The van der Waals surface area contributed by atoms with Gasteiger partial charge in [-0.05, 0) is 49.1 Å². The summed E-state index contributed by atoms with van der Waals surface area (Å²) in [6.07, 6.45) is 3.09. The van der Waals surface area contributed by atoms with Gasteiger partial charge in [-0.15, -0.1) is 0 Å². The fourth-order valence-corrected chi connectivity index (χ4v) is 5.04. The Morgan fingerprint density at radius 2 is 2.24 bits per heavy atom. The maximum Gasteiger partial charge on any atom is 0.119 e. The van der Waals surface area contributed by atoms with Gasteiger partial charge in [0.05, 0.1) is 12.4 Å². The van der Waals surface area contributed by atoms with Gasteiger partial charge in [-0.3, -0.25) is 4.21 Å². The Balaban J connectivity index is 2.24. The average Bonchev–Trinajstić information content (AvgIpc) is 2.52. The molecule has 118 valence electrons. The van der Waals surface area contributed by atoms with Gasteiger partial charge < -0.3 is 10.1 Å². The normalized spacial score (nSPS) is 24.2. The van der Waals surface area contributed by atoms with Gasteiger partial charge in [0, 0.05) is 22.6 Å². The van der Waals surface area contributed by atoms with Crippen molar-refractivity contribution < 1.29 is 8.95 Å². The summed E-state index contributed by atoms with van der Waals surface area (Å²) in [5.74, 6) is 2.20. The zero-order valence-electron chi connectivity index (χ0n) is 13.5. The SMILES string of the molecule is CCC(C)CS(=O)C1CCc2ccc(OC)cc2C1NC. The van der Waals surface area contributed by atoms with E-state index in [2.05, 4.69) is 31.3 Å². The lowest BCUT2D eigenvalue weighted by Gasteiger charge is -2.33. The molecule has 1 aliphatic rings. The predicted octanol–water partition coefficient (Wildman–Crippen LogP) is 3.07. The van der Waals surface area contributed by atoms with E-state index in [4.69, 9.17) is 4.74 Å². The van der Waals surface area contributed by atoms with Gasteiger partial charge >= 0.3 is 0 Å². The first-order valence-corrected chi connectivity index (χ1v) is 9.20. The molecule has 4 atom stereocenters. The van der Waals surface area contributed by atoms with Crippen LogP contribution >= 0.6 is 0 Å². The van der Waals surface area contributed by atoms with E-state index in [1.165, 1.54) is 11.1 Å². The minimum Gasteiger partial charge on any atom is -0.497 e. The van der Waals surface area contributed by atoms with Crippen LogP contribution in [0, 0.1) is 5.92 Å². The number of fused-ring (bicyclic) bond motifs is 1. The quantitative estimate of drug-likeness (QED) is 0.877. The summed E-state index contributed by atoms with van der Waals surface area (Å²) in [5, 5.41) is 3.58. The van der Waals surface area contributed by atoms with Crippen molar-refractivity contribution in [2.75, 3.05) is 19.9 Å². The van der Waals surface area contributed by atoms with Crippen LogP contribution in [0.3, 0.4) is 0 Å². The van der Waals surface area contributed by atoms with E-state index in [1.54, 1.807) is 7.11 Å². The molecule has 0 heterocycles. The number of benzene rings is 1. The standard InChI is InChI=1S/C17H27NO2S/c1-5-12(2)11-21(19)16-9-7-13-6-8-14(20-4)10-15(13)17(16)18-3/h6,8,10,12,16-18H,5,7,9,11H2,1-4H3. The summed E-state index contributed by atoms with van der Waals surface area (Å²) in [6.45, 7) is 4.35. The molecule has 0 spiro atoms. The first-order chi connectivity index (χ1) is 10.1. The van der Waals surface area contributed by atoms with Crippen LogP contribution in [-0.4, -0.2) is 29.4 Å². The van der Waals surface area contributed by atoms with Gasteiger partial charge in [0.15, 0.2) is 0 Å². The van der Waals surface area contributed by atoms with E-state index >= 15 is 0 Å². The van der Waals surface area contributed by atoms with Gasteiger partial charge in [0.1, 0.15) is 5.75 Å². The minimum atomic E-state index is -0.786. The van der Waals surface area contributed by atoms with Crippen molar-refractivity contribution in [3.05, 3.63) is 29.3 Å². The zero-order valence-corrected chi connectivity index (χ0v) is 14.3. The summed E-state index contributed by atoms with van der Waals surface area (Å²) in [5.41, 5.74) is 2.61. The number of aryl methyl sites for hydroxylation is 1. The minimum absolute atomic E-state index is 0.161. The van der Waals surface area contributed by atoms with E-state index in [-0.39, 0.29) is 11.3 Å². The molecule has 0 fully saturated rings. The van der Waals surface area contributed by atoms with Crippen LogP contribution in [-0.2, 0) is 17.2 Å². The van der Waals surface area contributed by atoms with E-state index in [0.29, 0.717) is 5.92 Å². The third kappa shape index (κ3) is 3.67. The molecule has 21 heavy (non-hydrogen) atoms. The van der Waals surface area contributed by atoms with Gasteiger partial charge in [-0.25, -0.2) is 0 Å². The molecule has 0 aliphatic heterocycles. The molecule has 2 rings (SSSR count). The van der Waals surface area contributed by atoms with Gasteiger partial charge in [-0.2, -0.15) is 0 Å². The van der Waals surface area contributed by atoms with E-state index < -0.39 is 10.8 Å². The monoisotopic (exact) mass is 309 g/mol.